The zero-order valence-electron chi connectivity index (χ0n) is 22.3. The van der Waals surface area contributed by atoms with Crippen LogP contribution in [0.5, 0.6) is 0 Å². The van der Waals surface area contributed by atoms with Crippen LogP contribution in [-0.2, 0) is 9.59 Å². The van der Waals surface area contributed by atoms with Crippen molar-refractivity contribution in [3.63, 3.8) is 0 Å². The van der Waals surface area contributed by atoms with Crippen LogP contribution in [0, 0.1) is 12.8 Å². The molecule has 0 unspecified atom stereocenters. The smallest absolute Gasteiger partial charge is 0.221 e. The summed E-state index contributed by atoms with van der Waals surface area (Å²) < 4.78 is 1.75. The summed E-state index contributed by atoms with van der Waals surface area (Å²) in [6.07, 6.45) is 13.6. The van der Waals surface area contributed by atoms with Gasteiger partial charge in [-0.25, -0.2) is 4.68 Å². The maximum atomic E-state index is 11.5. The van der Waals surface area contributed by atoms with Gasteiger partial charge in [0.05, 0.1) is 17.6 Å². The van der Waals surface area contributed by atoms with Crippen LogP contribution in [0.1, 0.15) is 58.1 Å². The number of rotatable bonds is 11. The molecule has 2 amide bonds. The molecule has 2 fully saturated rings. The van der Waals surface area contributed by atoms with Gasteiger partial charge in [0.25, 0.3) is 0 Å². The summed E-state index contributed by atoms with van der Waals surface area (Å²) in [5.41, 5.74) is 2.59. The van der Waals surface area contributed by atoms with Gasteiger partial charge in [-0.05, 0) is 37.3 Å². The fourth-order valence-electron chi connectivity index (χ4n) is 4.80. The summed E-state index contributed by atoms with van der Waals surface area (Å²) in [6, 6.07) is 0. The van der Waals surface area contributed by atoms with Crippen LogP contribution in [0.15, 0.2) is 24.4 Å². The third-order valence-electron chi connectivity index (χ3n) is 6.90. The Morgan fingerprint density at radius 1 is 1.17 bits per heavy atom. The molecule has 0 spiro atoms. The van der Waals surface area contributed by atoms with Gasteiger partial charge < -0.3 is 15.1 Å². The number of carbonyl (C=O) groups is 2. The summed E-state index contributed by atoms with van der Waals surface area (Å²) in [7, 11) is 1.59. The fourth-order valence-corrected chi connectivity index (χ4v) is 4.80. The van der Waals surface area contributed by atoms with Crippen molar-refractivity contribution in [2.45, 2.75) is 59.3 Å². The van der Waals surface area contributed by atoms with Crippen LogP contribution >= 0.6 is 0 Å². The lowest BCUT2D eigenvalue weighted by Gasteiger charge is -2.37. The van der Waals surface area contributed by atoms with E-state index < -0.39 is 0 Å². The van der Waals surface area contributed by atoms with Crippen molar-refractivity contribution < 1.29 is 9.59 Å². The van der Waals surface area contributed by atoms with Crippen molar-refractivity contribution in [1.29, 1.82) is 0 Å². The Bertz CT molecular complexity index is 820. The first kappa shape index (κ1) is 28.8. The number of anilines is 1. The van der Waals surface area contributed by atoms with Crippen molar-refractivity contribution in [1.82, 2.24) is 24.9 Å². The van der Waals surface area contributed by atoms with Crippen molar-refractivity contribution >= 4 is 24.2 Å². The molecule has 1 aliphatic heterocycles. The molecule has 1 aliphatic carbocycles. The molecule has 1 N–H and O–H groups in total. The van der Waals surface area contributed by atoms with E-state index in [1.165, 1.54) is 43.5 Å². The molecular weight excluding hydrogens is 440 g/mol. The predicted molar refractivity (Wildman–Crippen MR) is 144 cm³/mol. The molecular formula is C27H46N6O2. The molecule has 35 heavy (non-hydrogen) atoms. The van der Waals surface area contributed by atoms with Crippen LogP contribution in [0.3, 0.4) is 0 Å². The van der Waals surface area contributed by atoms with Gasteiger partial charge in [0.2, 0.25) is 12.3 Å². The Morgan fingerprint density at radius 3 is 2.46 bits per heavy atom. The lowest BCUT2D eigenvalue weighted by molar-refractivity contribution is -0.120. The second kappa shape index (κ2) is 15.5. The molecule has 1 saturated carbocycles. The van der Waals surface area contributed by atoms with Crippen LogP contribution in [-0.4, -0.2) is 84.8 Å². The van der Waals surface area contributed by atoms with Gasteiger partial charge in [0.15, 0.2) is 0 Å². The van der Waals surface area contributed by atoms with Crippen molar-refractivity contribution in [2.24, 2.45) is 5.92 Å². The van der Waals surface area contributed by atoms with Crippen LogP contribution in [0.25, 0.3) is 6.20 Å². The monoisotopic (exact) mass is 486 g/mol. The molecule has 8 heteroatoms. The first-order valence-corrected chi connectivity index (χ1v) is 13.3. The van der Waals surface area contributed by atoms with Crippen LogP contribution in [0.2, 0.25) is 0 Å². The summed E-state index contributed by atoms with van der Waals surface area (Å²) in [6.45, 7) is 17.1. The number of amides is 2. The van der Waals surface area contributed by atoms with Gasteiger partial charge in [-0.2, -0.15) is 5.10 Å². The average molecular weight is 487 g/mol. The summed E-state index contributed by atoms with van der Waals surface area (Å²) in [5.74, 6) is 0.808. The van der Waals surface area contributed by atoms with E-state index in [1.807, 2.05) is 33.0 Å². The fraction of sp³-hybridized carbons (Fsp3) is 0.667. The topological polar surface area (TPSA) is 73.7 Å². The number of nitrogens with zero attached hydrogens (tertiary/aromatic N) is 5. The number of hydrogen-bond donors (Lipinski definition) is 1. The highest BCUT2D eigenvalue weighted by atomic mass is 16.2. The van der Waals surface area contributed by atoms with Gasteiger partial charge in [-0.15, -0.1) is 0 Å². The Kier molecular flexibility index (Phi) is 12.8. The zero-order valence-corrected chi connectivity index (χ0v) is 22.3. The number of carbonyl (C=O) groups excluding carboxylic acids is 2. The van der Waals surface area contributed by atoms with E-state index in [0.29, 0.717) is 12.2 Å². The van der Waals surface area contributed by atoms with E-state index in [4.69, 9.17) is 0 Å². The van der Waals surface area contributed by atoms with E-state index in [9.17, 15) is 9.59 Å². The first-order valence-electron chi connectivity index (χ1n) is 13.3. The van der Waals surface area contributed by atoms with Gasteiger partial charge in [0, 0.05) is 65.5 Å². The van der Waals surface area contributed by atoms with Gasteiger partial charge in [-0.1, -0.05) is 39.7 Å². The van der Waals surface area contributed by atoms with E-state index in [-0.39, 0.29) is 12.3 Å². The van der Waals surface area contributed by atoms with Crippen LogP contribution < -0.4 is 10.2 Å². The molecule has 8 nitrogen and oxygen atoms in total. The minimum Gasteiger partial charge on any atom is -0.359 e. The summed E-state index contributed by atoms with van der Waals surface area (Å²) in [5, 5.41) is 6.96. The molecule has 1 aromatic rings. The maximum Gasteiger partial charge on any atom is 0.221 e. The largest absolute Gasteiger partial charge is 0.359 e. The zero-order chi connectivity index (χ0) is 25.6. The van der Waals surface area contributed by atoms with Crippen LogP contribution in [0.4, 0.5) is 5.69 Å². The molecule has 2 aliphatic rings. The quantitative estimate of drug-likeness (QED) is 0.383. The van der Waals surface area contributed by atoms with Gasteiger partial charge in [0.1, 0.15) is 0 Å². The molecule has 0 aromatic carbocycles. The average Bonchev–Trinajstić information content (AvgIpc) is 3.26. The standard InChI is InChI=1S/C25H40N6O2.C2H6/c1-21(18-28-13-15-29(16-14-28)19-23-7-5-4-6-8-23)9-12-31-22(2)24(17-27-31)30(20-32)11-10-25(33)26-3;1-2/h9,12,17,20,23H,1,4-8,10-11,13-16,18-19H2,2-3H3,(H,26,33);1-2H3/b12-9-;. The van der Waals surface area contributed by atoms with E-state index in [1.54, 1.807) is 17.9 Å². The third-order valence-corrected chi connectivity index (χ3v) is 6.90. The number of aromatic nitrogens is 2. The third kappa shape index (κ3) is 9.26. The molecule has 1 saturated heterocycles. The lowest BCUT2D eigenvalue weighted by atomic mass is 9.89. The minimum absolute atomic E-state index is 0.0992. The second-order valence-electron chi connectivity index (χ2n) is 9.34. The predicted octanol–water partition coefficient (Wildman–Crippen LogP) is 3.54. The van der Waals surface area contributed by atoms with E-state index in [2.05, 4.69) is 26.8 Å². The normalized spacial score (nSPS) is 17.6. The maximum absolute atomic E-state index is 11.5. The van der Waals surface area contributed by atoms with Gasteiger partial charge >= 0.3 is 0 Å². The number of nitrogens with one attached hydrogen (secondary N) is 1. The molecule has 0 bridgehead atoms. The lowest BCUT2D eigenvalue weighted by Crippen LogP contribution is -2.48. The number of piperazine rings is 1. The van der Waals surface area contributed by atoms with E-state index in [0.717, 1.165) is 56.3 Å². The Labute approximate surface area is 212 Å². The summed E-state index contributed by atoms with van der Waals surface area (Å²) in [4.78, 5) is 29.6. The highest BCUT2D eigenvalue weighted by Crippen LogP contribution is 2.25. The Balaban J connectivity index is 0.00000210. The van der Waals surface area contributed by atoms with Crippen molar-refractivity contribution in [3.05, 3.63) is 30.1 Å². The number of hydrogen-bond acceptors (Lipinski definition) is 5. The Hall–Kier alpha value is -2.45. The Morgan fingerprint density at radius 2 is 1.83 bits per heavy atom. The van der Waals surface area contributed by atoms with Gasteiger partial charge in [-0.3, -0.25) is 14.5 Å². The van der Waals surface area contributed by atoms with Crippen molar-refractivity contribution in [3.8, 4) is 0 Å². The highest BCUT2D eigenvalue weighted by Gasteiger charge is 2.21. The molecule has 3 rings (SSSR count). The molecule has 0 atom stereocenters. The molecule has 2 heterocycles. The van der Waals surface area contributed by atoms with E-state index >= 15 is 0 Å². The molecule has 196 valence electrons. The second-order valence-corrected chi connectivity index (χ2v) is 9.34. The highest BCUT2D eigenvalue weighted by molar-refractivity contribution is 5.80. The minimum atomic E-state index is -0.0992. The van der Waals surface area contributed by atoms with Crippen molar-refractivity contribution in [2.75, 3.05) is 57.8 Å². The SMILES string of the molecule is C=C(/C=C\n1ncc(N(C=O)CCC(=O)NC)c1C)CN1CCN(CC2CCCCC2)CC1.CC. The first-order chi connectivity index (χ1) is 17.0. The molecule has 0 radical (unpaired) electrons. The summed E-state index contributed by atoms with van der Waals surface area (Å²) >= 11 is 0. The molecule has 1 aromatic heterocycles.